The summed E-state index contributed by atoms with van der Waals surface area (Å²) in [5.41, 5.74) is 5.56. The van der Waals surface area contributed by atoms with Gasteiger partial charge in [-0.2, -0.15) is 0 Å². The van der Waals surface area contributed by atoms with Crippen LogP contribution >= 0.6 is 0 Å². The van der Waals surface area contributed by atoms with Crippen molar-refractivity contribution in [3.8, 4) is 22.5 Å². The second-order valence-electron chi connectivity index (χ2n) is 11.3. The van der Waals surface area contributed by atoms with Gasteiger partial charge in [0.1, 0.15) is 0 Å². The van der Waals surface area contributed by atoms with Crippen molar-refractivity contribution in [3.05, 3.63) is 90.8 Å². The van der Waals surface area contributed by atoms with Gasteiger partial charge in [0.15, 0.2) is 0 Å². The topological polar surface area (TPSA) is 25.8 Å². The van der Waals surface area contributed by atoms with E-state index in [0.29, 0.717) is 0 Å². The number of nitrogens with zero attached hydrogens (tertiary/aromatic N) is 2. The smallest absolute Gasteiger partial charge is 0.0616 e. The van der Waals surface area contributed by atoms with Gasteiger partial charge in [0, 0.05) is 0 Å². The average Bonchev–Trinajstić information content (AvgIpc) is 2.81. The van der Waals surface area contributed by atoms with Crippen LogP contribution in [0.15, 0.2) is 85.2 Å². The summed E-state index contributed by atoms with van der Waals surface area (Å²) in [4.78, 5) is 9.32. The van der Waals surface area contributed by atoms with Gasteiger partial charge in [-0.3, -0.25) is 0 Å². The first-order valence-electron chi connectivity index (χ1n) is 12.0. The monoisotopic (exact) mass is 506 g/mol. The van der Waals surface area contributed by atoms with Gasteiger partial charge in [0.2, 0.25) is 0 Å². The zero-order chi connectivity index (χ0) is 24.1. The van der Waals surface area contributed by atoms with Crippen molar-refractivity contribution < 1.29 is 0 Å². The van der Waals surface area contributed by atoms with Gasteiger partial charge < -0.3 is 0 Å². The molecule has 0 aliphatic heterocycles. The van der Waals surface area contributed by atoms with Gasteiger partial charge in [-0.1, -0.05) is 39.0 Å². The molecule has 0 atom stereocenters. The fourth-order valence-electron chi connectivity index (χ4n) is 4.62. The van der Waals surface area contributed by atoms with E-state index in [-0.39, 0.29) is 5.41 Å². The van der Waals surface area contributed by atoms with E-state index in [9.17, 15) is 0 Å². The Morgan fingerprint density at radius 1 is 0.618 bits per heavy atom. The van der Waals surface area contributed by atoms with E-state index in [4.69, 9.17) is 0 Å². The molecule has 0 N–H and O–H groups in total. The number of fused-ring (bicyclic) bond motifs is 2. The summed E-state index contributed by atoms with van der Waals surface area (Å²) in [7, 11) is 0. The van der Waals surface area contributed by atoms with Crippen LogP contribution in [0.2, 0.25) is 17.3 Å². The van der Waals surface area contributed by atoms with Crippen molar-refractivity contribution in [2.24, 2.45) is 0 Å². The SMILES string of the molecule is CC(C)(C)c1cc(-c2cc(-c3ccc4cc[c]([Ge]([CH3])([CH3])[CH3])cc4c3)ncn2)cc2ccccc12. The van der Waals surface area contributed by atoms with Crippen LogP contribution in [0.4, 0.5) is 0 Å². The summed E-state index contributed by atoms with van der Waals surface area (Å²) < 4.78 is 1.53. The van der Waals surface area contributed by atoms with Crippen molar-refractivity contribution in [1.82, 2.24) is 9.97 Å². The zero-order valence-corrected chi connectivity index (χ0v) is 23.1. The molecule has 0 aliphatic carbocycles. The van der Waals surface area contributed by atoms with Crippen molar-refractivity contribution in [1.29, 1.82) is 0 Å². The predicted octanol–water partition coefficient (Wildman–Crippen LogP) is 7.96. The number of benzene rings is 4. The van der Waals surface area contributed by atoms with E-state index in [0.717, 1.165) is 22.5 Å². The summed E-state index contributed by atoms with van der Waals surface area (Å²) in [6, 6.07) is 28.9. The third-order valence-electron chi connectivity index (χ3n) is 6.63. The van der Waals surface area contributed by atoms with Gasteiger partial charge in [-0.05, 0) is 0 Å². The van der Waals surface area contributed by atoms with Crippen LogP contribution in [0.1, 0.15) is 26.3 Å². The number of hydrogen-bond donors (Lipinski definition) is 0. The van der Waals surface area contributed by atoms with Crippen molar-refractivity contribution in [2.45, 2.75) is 43.5 Å². The van der Waals surface area contributed by atoms with Gasteiger partial charge >= 0.3 is 167 Å². The molecule has 5 rings (SSSR count). The van der Waals surface area contributed by atoms with Crippen LogP contribution in [0, 0.1) is 0 Å². The molecule has 34 heavy (non-hydrogen) atoms. The summed E-state index contributed by atoms with van der Waals surface area (Å²) in [5, 5.41) is 5.12. The van der Waals surface area contributed by atoms with Gasteiger partial charge in [-0.15, -0.1) is 0 Å². The van der Waals surface area contributed by atoms with Gasteiger partial charge in [0.05, 0.1) is 0 Å². The molecule has 0 amide bonds. The third-order valence-corrected chi connectivity index (χ3v) is 10.9. The van der Waals surface area contributed by atoms with Crippen LogP contribution in [0.3, 0.4) is 0 Å². The van der Waals surface area contributed by atoms with E-state index in [1.807, 2.05) is 0 Å². The molecule has 0 spiro atoms. The first-order valence-corrected chi connectivity index (χ1v) is 19.3. The van der Waals surface area contributed by atoms with Crippen LogP contribution in [-0.4, -0.2) is 23.2 Å². The minimum absolute atomic E-state index is 0.0407. The molecule has 0 saturated carbocycles. The molecule has 1 heterocycles. The summed E-state index contributed by atoms with van der Waals surface area (Å²) in [5.74, 6) is 7.32. The fourth-order valence-corrected chi connectivity index (χ4v) is 7.08. The first kappa shape index (κ1) is 22.8. The van der Waals surface area contributed by atoms with E-state index >= 15 is 0 Å². The minimum Gasteiger partial charge on any atom is -0.0616 e. The van der Waals surface area contributed by atoms with Crippen LogP contribution < -0.4 is 4.40 Å². The number of rotatable bonds is 3. The van der Waals surface area contributed by atoms with Crippen molar-refractivity contribution >= 4 is 39.2 Å². The Kier molecular flexibility index (Phi) is 5.60. The zero-order valence-electron chi connectivity index (χ0n) is 21.0. The molecule has 4 aromatic carbocycles. The van der Waals surface area contributed by atoms with E-state index in [1.54, 1.807) is 6.33 Å². The van der Waals surface area contributed by atoms with Gasteiger partial charge in [0.25, 0.3) is 0 Å². The Hall–Kier alpha value is -2.98. The summed E-state index contributed by atoms with van der Waals surface area (Å²) in [6.45, 7) is 6.82. The Labute approximate surface area is 205 Å². The molecule has 3 heteroatoms. The second-order valence-corrected chi connectivity index (χ2v) is 22.0. The van der Waals surface area contributed by atoms with Crippen LogP contribution in [-0.2, 0) is 5.41 Å². The van der Waals surface area contributed by atoms with E-state index in [2.05, 4.69) is 127 Å². The summed E-state index contributed by atoms with van der Waals surface area (Å²) in [6.07, 6.45) is 1.70. The molecule has 1 aromatic heterocycles. The van der Waals surface area contributed by atoms with E-state index < -0.39 is 13.3 Å². The quantitative estimate of drug-likeness (QED) is 0.233. The molecular formula is C31H32GeN2. The minimum atomic E-state index is -1.89. The number of hydrogen-bond acceptors (Lipinski definition) is 2. The molecule has 170 valence electrons. The second kappa shape index (κ2) is 8.35. The van der Waals surface area contributed by atoms with Crippen molar-refractivity contribution in [2.75, 3.05) is 0 Å². The fraction of sp³-hybridized carbons (Fsp3) is 0.226. The Morgan fingerprint density at radius 2 is 1.29 bits per heavy atom. The normalized spacial score (nSPS) is 12.4. The molecule has 5 aromatic rings. The Morgan fingerprint density at radius 3 is 2.03 bits per heavy atom. The molecule has 0 saturated heterocycles. The predicted molar refractivity (Wildman–Crippen MR) is 150 cm³/mol. The molecule has 0 aliphatic rings. The van der Waals surface area contributed by atoms with Crippen LogP contribution in [0.25, 0.3) is 44.1 Å². The summed E-state index contributed by atoms with van der Waals surface area (Å²) >= 11 is -1.89. The standard InChI is InChI=1S/C31H32GeN2/c1-31(2,3)28-18-25(15-22-9-7-8-10-27(22)28)30-19-29(33-20-34-30)23-12-11-21-13-14-26(32(4,5)6)17-24(21)16-23/h7-20H,1-6H3. The molecule has 0 fully saturated rings. The maximum atomic E-state index is 4.67. The number of aromatic nitrogens is 2. The first-order chi connectivity index (χ1) is 16.1. The average molecular weight is 505 g/mol. The van der Waals surface area contributed by atoms with Crippen molar-refractivity contribution in [3.63, 3.8) is 0 Å². The Balaban J connectivity index is 1.62. The Bertz CT molecular complexity index is 1520. The van der Waals surface area contributed by atoms with E-state index in [1.165, 1.54) is 31.5 Å². The molecular weight excluding hydrogens is 473 g/mol. The molecule has 2 nitrogen and oxygen atoms in total. The molecule has 0 bridgehead atoms. The van der Waals surface area contributed by atoms with Crippen LogP contribution in [0.5, 0.6) is 0 Å². The third kappa shape index (κ3) is 4.39. The van der Waals surface area contributed by atoms with Gasteiger partial charge in [-0.25, -0.2) is 0 Å². The molecule has 0 radical (unpaired) electrons. The maximum absolute atomic E-state index is 4.67. The molecule has 0 unspecified atom stereocenters.